The molecule has 5 aliphatic carbocycles. The van der Waals surface area contributed by atoms with Gasteiger partial charge in [0.15, 0.2) is 0 Å². The Kier molecular flexibility index (Phi) is 16.1. The third-order valence-electron chi connectivity index (χ3n) is 11.6. The van der Waals surface area contributed by atoms with Crippen molar-refractivity contribution in [2.75, 3.05) is 0 Å². The van der Waals surface area contributed by atoms with Gasteiger partial charge in [-0.25, -0.2) is 0 Å². The van der Waals surface area contributed by atoms with Crippen LogP contribution in [0.25, 0.3) is 5.57 Å². The number of alkyl halides is 1. The van der Waals surface area contributed by atoms with E-state index in [-0.39, 0.29) is 20.3 Å². The van der Waals surface area contributed by atoms with Crippen LogP contribution in [-0.4, -0.2) is 4.83 Å². The fourth-order valence-corrected chi connectivity index (χ4v) is 11.3. The Morgan fingerprint density at radius 3 is 2.21 bits per heavy atom. The van der Waals surface area contributed by atoms with E-state index in [2.05, 4.69) is 116 Å². The minimum absolute atomic E-state index is 0. The van der Waals surface area contributed by atoms with Crippen LogP contribution in [0, 0.1) is 55.3 Å². The fourth-order valence-electron chi connectivity index (χ4n) is 9.36. The van der Waals surface area contributed by atoms with Crippen LogP contribution in [0.15, 0.2) is 52.5 Å². The molecule has 0 saturated heterocycles. The van der Waals surface area contributed by atoms with Gasteiger partial charge in [-0.3, -0.25) is 0 Å². The first-order valence-corrected chi connectivity index (χ1v) is 23.9. The molecular formula is C38H56Br2Cl2Zr. The molecule has 1 aromatic rings. The van der Waals surface area contributed by atoms with Crippen molar-refractivity contribution in [3.05, 3.63) is 78.5 Å². The summed E-state index contributed by atoms with van der Waals surface area (Å²) in [7, 11) is 9.87. The SMILES string of the molecule is CC1=CC(C(C)(C)C2=CCC=C2)c2cccc(Br)c21.CC1CC(C(C)(C)C2CCCC2)C2CCCC(Br)C12.[CH3-].[CH3-].[Cl][Zr+2][Cl]. The van der Waals surface area contributed by atoms with Crippen molar-refractivity contribution in [1.82, 2.24) is 0 Å². The second kappa shape index (κ2) is 17.3. The van der Waals surface area contributed by atoms with Crippen LogP contribution in [0.5, 0.6) is 0 Å². The van der Waals surface area contributed by atoms with Gasteiger partial charge in [-0.15, -0.1) is 0 Å². The monoisotopic (exact) mass is 830 g/mol. The Morgan fingerprint density at radius 1 is 0.953 bits per heavy atom. The first-order valence-electron chi connectivity index (χ1n) is 15.9. The summed E-state index contributed by atoms with van der Waals surface area (Å²) in [6.07, 6.45) is 22.3. The van der Waals surface area contributed by atoms with Crippen molar-refractivity contribution in [3.8, 4) is 0 Å². The molecule has 0 nitrogen and oxygen atoms in total. The predicted octanol–water partition coefficient (Wildman–Crippen LogP) is 14.2. The van der Waals surface area contributed by atoms with Gasteiger partial charge in [-0.05, 0) is 114 Å². The average Bonchev–Trinajstić information content (AvgIpc) is 3.73. The van der Waals surface area contributed by atoms with Crippen LogP contribution in [0.2, 0.25) is 0 Å². The quantitative estimate of drug-likeness (QED) is 0.209. The van der Waals surface area contributed by atoms with E-state index in [0.29, 0.717) is 11.3 Å². The van der Waals surface area contributed by atoms with E-state index in [1.807, 2.05) is 0 Å². The van der Waals surface area contributed by atoms with Gasteiger partial charge in [0.2, 0.25) is 0 Å². The van der Waals surface area contributed by atoms with Crippen LogP contribution in [0.1, 0.15) is 116 Å². The molecule has 3 saturated carbocycles. The van der Waals surface area contributed by atoms with Gasteiger partial charge in [0.05, 0.1) is 0 Å². The van der Waals surface area contributed by atoms with Gasteiger partial charge < -0.3 is 14.9 Å². The van der Waals surface area contributed by atoms with Gasteiger partial charge in [0.1, 0.15) is 0 Å². The molecule has 5 aliphatic rings. The number of allylic oxidation sites excluding steroid dienone is 6. The summed E-state index contributed by atoms with van der Waals surface area (Å²) < 4.78 is 1.22. The maximum absolute atomic E-state index is 4.93. The van der Waals surface area contributed by atoms with E-state index >= 15 is 0 Å². The number of benzene rings is 1. The molecule has 1 aromatic carbocycles. The second-order valence-corrected chi connectivity index (χ2v) is 20.2. The zero-order chi connectivity index (χ0) is 29.9. The summed E-state index contributed by atoms with van der Waals surface area (Å²) in [4.78, 5) is 0.811. The molecule has 0 bridgehead atoms. The summed E-state index contributed by atoms with van der Waals surface area (Å²) in [5.74, 6) is 5.41. The van der Waals surface area contributed by atoms with Crippen molar-refractivity contribution in [1.29, 1.82) is 0 Å². The van der Waals surface area contributed by atoms with Crippen molar-refractivity contribution in [2.24, 2.45) is 40.4 Å². The summed E-state index contributed by atoms with van der Waals surface area (Å²) in [6.45, 7) is 14.7. The topological polar surface area (TPSA) is 0 Å². The number of hydrogen-bond acceptors (Lipinski definition) is 0. The molecule has 3 fully saturated rings. The van der Waals surface area contributed by atoms with E-state index < -0.39 is 20.8 Å². The van der Waals surface area contributed by atoms with Crippen LogP contribution in [0.3, 0.4) is 0 Å². The first kappa shape index (κ1) is 40.0. The second-order valence-electron chi connectivity index (χ2n) is 14.4. The van der Waals surface area contributed by atoms with Crippen molar-refractivity contribution < 1.29 is 20.8 Å². The van der Waals surface area contributed by atoms with Gasteiger partial charge in [-0.1, -0.05) is 122 Å². The molecule has 0 aromatic heterocycles. The molecule has 0 heterocycles. The van der Waals surface area contributed by atoms with Crippen molar-refractivity contribution >= 4 is 54.5 Å². The first-order chi connectivity index (χ1) is 19.4. The Balaban J connectivity index is 0.000000264. The summed E-state index contributed by atoms with van der Waals surface area (Å²) >= 11 is 6.88. The summed E-state index contributed by atoms with van der Waals surface area (Å²) in [5, 5.41) is 0. The average molecular weight is 835 g/mol. The zero-order valence-electron chi connectivity index (χ0n) is 28.0. The summed E-state index contributed by atoms with van der Waals surface area (Å²) in [5.41, 5.74) is 6.45. The van der Waals surface area contributed by atoms with Crippen LogP contribution in [-0.2, 0) is 20.8 Å². The van der Waals surface area contributed by atoms with Gasteiger partial charge in [-0.2, -0.15) is 0 Å². The molecule has 0 amide bonds. The fraction of sp³-hybridized carbons (Fsp3) is 0.632. The molecule has 0 spiro atoms. The maximum atomic E-state index is 4.93. The van der Waals surface area contributed by atoms with Gasteiger partial charge >= 0.3 is 37.9 Å². The molecule has 240 valence electrons. The van der Waals surface area contributed by atoms with Crippen molar-refractivity contribution in [3.63, 3.8) is 0 Å². The van der Waals surface area contributed by atoms with Gasteiger partial charge in [0.25, 0.3) is 0 Å². The third-order valence-corrected chi connectivity index (χ3v) is 13.3. The summed E-state index contributed by atoms with van der Waals surface area (Å²) in [6, 6.07) is 6.57. The molecular weight excluding hydrogens is 778 g/mol. The Hall–Kier alpha value is 0.863. The Labute approximate surface area is 301 Å². The number of rotatable bonds is 4. The Morgan fingerprint density at radius 2 is 1.60 bits per heavy atom. The molecule has 0 radical (unpaired) electrons. The van der Waals surface area contributed by atoms with Crippen molar-refractivity contribution in [2.45, 2.75) is 110 Å². The molecule has 6 unspecified atom stereocenters. The normalized spacial score (nSPS) is 29.3. The van der Waals surface area contributed by atoms with Crippen LogP contribution in [0.4, 0.5) is 0 Å². The van der Waals surface area contributed by atoms with E-state index in [1.54, 1.807) is 0 Å². The molecule has 5 heteroatoms. The Bertz CT molecular complexity index is 1130. The van der Waals surface area contributed by atoms with E-state index in [9.17, 15) is 0 Å². The number of halogens is 4. The predicted molar refractivity (Wildman–Crippen MR) is 197 cm³/mol. The molecule has 6 atom stereocenters. The van der Waals surface area contributed by atoms with E-state index in [0.717, 1.165) is 40.8 Å². The third kappa shape index (κ3) is 8.67. The molecule has 6 rings (SSSR count). The van der Waals surface area contributed by atoms with Crippen LogP contribution < -0.4 is 0 Å². The standard InChI is InChI=1S/C18H31Br.C18H19Br.2CH3.2ClH.Zr/c2*1-12-11-15(14-9-6-10-16(19)17(12)14)18(2,3)13-7-4-5-8-13;;;;;/h12-17H,4-11H2,1-3H3;4,6-11,15H,5H2,1-3H3;2*1H3;2*1H;/q;;2*-1;;;+4/p-2. The molecule has 0 N–H and O–H groups in total. The number of fused-ring (bicyclic) bond motifs is 2. The van der Waals surface area contributed by atoms with Gasteiger partial charge in [0, 0.05) is 15.2 Å². The zero-order valence-corrected chi connectivity index (χ0v) is 35.1. The number of hydrogen-bond donors (Lipinski definition) is 0. The molecule has 43 heavy (non-hydrogen) atoms. The van der Waals surface area contributed by atoms with E-state index in [1.165, 1.54) is 78.1 Å². The minimum atomic E-state index is -0.826. The van der Waals surface area contributed by atoms with Crippen LogP contribution >= 0.6 is 48.9 Å². The molecule has 0 aliphatic heterocycles. The van der Waals surface area contributed by atoms with E-state index in [4.69, 9.17) is 17.0 Å².